The Bertz CT molecular complexity index is 1040. The van der Waals surface area contributed by atoms with Crippen molar-refractivity contribution in [2.24, 2.45) is 0 Å². The average Bonchev–Trinajstić information content (AvgIpc) is 2.65. The molecule has 0 bridgehead atoms. The second-order valence-electron chi connectivity index (χ2n) is 5.65. The Balaban J connectivity index is 1.70. The van der Waals surface area contributed by atoms with E-state index in [2.05, 4.69) is 10.3 Å². The predicted molar refractivity (Wildman–Crippen MR) is 94.0 cm³/mol. The third-order valence-corrected chi connectivity index (χ3v) is 3.76. The van der Waals surface area contributed by atoms with Crippen molar-refractivity contribution in [2.45, 2.75) is 6.18 Å². The number of nitrogens with one attached hydrogen (secondary N) is 1. The molecule has 28 heavy (non-hydrogen) atoms. The summed E-state index contributed by atoms with van der Waals surface area (Å²) in [7, 11) is 0. The van der Waals surface area contributed by atoms with E-state index in [0.29, 0.717) is 0 Å². The first-order chi connectivity index (χ1) is 13.3. The topological polar surface area (TPSA) is 94.4 Å². The number of hydrogen-bond acceptors (Lipinski definition) is 5. The lowest BCUT2D eigenvalue weighted by molar-refractivity contribution is -0.383. The monoisotopic (exact) mass is 391 g/mol. The summed E-state index contributed by atoms with van der Waals surface area (Å²) in [5, 5.41) is 13.8. The summed E-state index contributed by atoms with van der Waals surface area (Å²) in [6.45, 7) is -0.454. The molecule has 3 rings (SSSR count). The summed E-state index contributed by atoms with van der Waals surface area (Å²) in [5.41, 5.74) is -0.581. The number of hydrogen-bond donors (Lipinski definition) is 1. The van der Waals surface area contributed by atoms with E-state index >= 15 is 0 Å². The molecule has 1 aromatic heterocycles. The number of fused-ring (bicyclic) bond motifs is 1. The van der Waals surface area contributed by atoms with Crippen LogP contribution in [0.5, 0.6) is 5.75 Å². The van der Waals surface area contributed by atoms with E-state index in [1.54, 1.807) is 0 Å². The van der Waals surface area contributed by atoms with Crippen LogP contribution in [-0.4, -0.2) is 22.4 Å². The average molecular weight is 391 g/mol. The molecular formula is C18H12F3N3O4. The van der Waals surface area contributed by atoms with E-state index in [0.717, 1.165) is 24.3 Å². The number of alkyl halides is 3. The highest BCUT2D eigenvalue weighted by atomic mass is 19.4. The van der Waals surface area contributed by atoms with Crippen LogP contribution in [0.4, 0.5) is 24.5 Å². The summed E-state index contributed by atoms with van der Waals surface area (Å²) in [6.07, 6.45) is -3.03. The van der Waals surface area contributed by atoms with Crippen molar-refractivity contribution < 1.29 is 27.6 Å². The van der Waals surface area contributed by atoms with Crippen LogP contribution in [-0.2, 0) is 11.0 Å². The summed E-state index contributed by atoms with van der Waals surface area (Å²) in [4.78, 5) is 26.6. The first-order valence-corrected chi connectivity index (χ1v) is 7.88. The fraction of sp³-hybridized carbons (Fsp3) is 0.111. The molecule has 0 fully saturated rings. The maximum Gasteiger partial charge on any atom is 0.416 e. The van der Waals surface area contributed by atoms with E-state index in [1.807, 2.05) is 0 Å². The molecule has 0 saturated carbocycles. The summed E-state index contributed by atoms with van der Waals surface area (Å²) in [5.74, 6) is -0.439. The van der Waals surface area contributed by atoms with Gasteiger partial charge in [-0.15, -0.1) is 0 Å². The molecule has 7 nitrogen and oxygen atoms in total. The number of carbonyl (C=O) groups excluding carboxylic acids is 1. The minimum atomic E-state index is -4.46. The molecule has 2 aromatic carbocycles. The Morgan fingerprint density at radius 3 is 2.50 bits per heavy atom. The van der Waals surface area contributed by atoms with Crippen LogP contribution in [0.15, 0.2) is 54.7 Å². The van der Waals surface area contributed by atoms with Crippen molar-refractivity contribution in [3.63, 3.8) is 0 Å². The molecule has 0 aliphatic rings. The Morgan fingerprint density at radius 1 is 1.14 bits per heavy atom. The van der Waals surface area contributed by atoms with Gasteiger partial charge in [0.1, 0.15) is 11.3 Å². The molecule has 3 aromatic rings. The molecule has 0 saturated heterocycles. The zero-order valence-electron chi connectivity index (χ0n) is 14.1. The predicted octanol–water partition coefficient (Wildman–Crippen LogP) is 4.18. The lowest BCUT2D eigenvalue weighted by Crippen LogP contribution is -2.20. The zero-order valence-corrected chi connectivity index (χ0v) is 14.1. The quantitative estimate of drug-likeness (QED) is 0.520. The summed E-state index contributed by atoms with van der Waals surface area (Å²) >= 11 is 0. The van der Waals surface area contributed by atoms with E-state index < -0.39 is 29.2 Å². The Labute approximate surface area is 155 Å². The smallest absolute Gasteiger partial charge is 0.416 e. The zero-order chi connectivity index (χ0) is 20.3. The Morgan fingerprint density at radius 2 is 1.86 bits per heavy atom. The molecule has 0 atom stereocenters. The van der Waals surface area contributed by atoms with Gasteiger partial charge in [-0.2, -0.15) is 13.2 Å². The lowest BCUT2D eigenvalue weighted by atomic mass is 10.1. The Kier molecular flexibility index (Phi) is 5.12. The van der Waals surface area contributed by atoms with Gasteiger partial charge in [0.25, 0.3) is 11.6 Å². The van der Waals surface area contributed by atoms with Gasteiger partial charge in [0, 0.05) is 18.0 Å². The van der Waals surface area contributed by atoms with Crippen molar-refractivity contribution in [1.29, 1.82) is 0 Å². The highest BCUT2D eigenvalue weighted by Gasteiger charge is 2.30. The van der Waals surface area contributed by atoms with Crippen LogP contribution >= 0.6 is 0 Å². The number of pyridine rings is 1. The highest BCUT2D eigenvalue weighted by Crippen LogP contribution is 2.31. The molecule has 0 aliphatic heterocycles. The molecular weight excluding hydrogens is 379 g/mol. The van der Waals surface area contributed by atoms with Crippen LogP contribution in [0, 0.1) is 10.1 Å². The fourth-order valence-electron chi connectivity index (χ4n) is 2.49. The van der Waals surface area contributed by atoms with Gasteiger partial charge in [-0.1, -0.05) is 0 Å². The number of halogens is 3. The number of nitro groups is 1. The maximum atomic E-state index is 12.5. The van der Waals surface area contributed by atoms with Gasteiger partial charge in [-0.25, -0.2) is 0 Å². The number of ether oxygens (including phenoxy) is 1. The van der Waals surface area contributed by atoms with Crippen molar-refractivity contribution in [3.05, 3.63) is 70.4 Å². The Hall–Kier alpha value is -3.69. The maximum absolute atomic E-state index is 12.5. The first kappa shape index (κ1) is 19.1. The van der Waals surface area contributed by atoms with Gasteiger partial charge in [-0.05, 0) is 42.5 Å². The van der Waals surface area contributed by atoms with Crippen LogP contribution in [0.1, 0.15) is 5.56 Å². The standard InChI is InChI=1S/C18H12F3N3O4/c19-18(20,21)11-3-5-12(6-4-11)23-16(25)10-28-15-8-7-14(24(26)27)13-2-1-9-22-17(13)15/h1-9H,10H2,(H,23,25). The van der Waals surface area contributed by atoms with Crippen molar-refractivity contribution in [1.82, 2.24) is 4.98 Å². The third-order valence-electron chi connectivity index (χ3n) is 3.76. The number of benzene rings is 2. The third kappa shape index (κ3) is 4.17. The lowest BCUT2D eigenvalue weighted by Gasteiger charge is -2.10. The van der Waals surface area contributed by atoms with Crippen LogP contribution in [0.3, 0.4) is 0 Å². The van der Waals surface area contributed by atoms with E-state index in [1.165, 1.54) is 30.5 Å². The number of amides is 1. The largest absolute Gasteiger partial charge is 0.481 e. The molecule has 0 radical (unpaired) electrons. The van der Waals surface area contributed by atoms with Gasteiger partial charge < -0.3 is 10.1 Å². The van der Waals surface area contributed by atoms with Crippen molar-refractivity contribution in [3.8, 4) is 5.75 Å². The van der Waals surface area contributed by atoms with Gasteiger partial charge >= 0.3 is 6.18 Å². The van der Waals surface area contributed by atoms with E-state index in [4.69, 9.17) is 4.74 Å². The molecule has 0 aliphatic carbocycles. The van der Waals surface area contributed by atoms with Crippen LogP contribution in [0.2, 0.25) is 0 Å². The molecule has 10 heteroatoms. The molecule has 0 unspecified atom stereocenters. The molecule has 144 valence electrons. The summed E-state index contributed by atoms with van der Waals surface area (Å²) < 4.78 is 43.0. The first-order valence-electron chi connectivity index (χ1n) is 7.88. The van der Waals surface area contributed by atoms with Crippen molar-refractivity contribution in [2.75, 3.05) is 11.9 Å². The van der Waals surface area contributed by atoms with Gasteiger partial charge in [0.2, 0.25) is 0 Å². The van der Waals surface area contributed by atoms with Gasteiger partial charge in [0.05, 0.1) is 15.9 Å². The second-order valence-corrected chi connectivity index (χ2v) is 5.65. The molecule has 1 N–H and O–H groups in total. The number of rotatable bonds is 5. The van der Waals surface area contributed by atoms with Crippen LogP contribution in [0.25, 0.3) is 10.9 Å². The number of carbonyl (C=O) groups is 1. The molecule has 1 amide bonds. The highest BCUT2D eigenvalue weighted by molar-refractivity contribution is 5.94. The number of anilines is 1. The number of non-ortho nitro benzene ring substituents is 1. The van der Waals surface area contributed by atoms with Gasteiger partial charge in [-0.3, -0.25) is 19.9 Å². The fourth-order valence-corrected chi connectivity index (χ4v) is 2.49. The number of nitro benzene ring substituents is 1. The van der Waals surface area contributed by atoms with E-state index in [9.17, 15) is 28.1 Å². The summed E-state index contributed by atoms with van der Waals surface area (Å²) in [6, 6.07) is 9.58. The number of nitrogens with zero attached hydrogens (tertiary/aromatic N) is 2. The minimum Gasteiger partial charge on any atom is -0.481 e. The van der Waals surface area contributed by atoms with Gasteiger partial charge in [0.15, 0.2) is 6.61 Å². The van der Waals surface area contributed by atoms with Crippen LogP contribution < -0.4 is 10.1 Å². The minimum absolute atomic E-state index is 0.148. The SMILES string of the molecule is O=C(COc1ccc([N+](=O)[O-])c2cccnc12)Nc1ccc(C(F)(F)F)cc1. The van der Waals surface area contributed by atoms with E-state index in [-0.39, 0.29) is 28.0 Å². The number of aromatic nitrogens is 1. The molecule has 1 heterocycles. The normalized spacial score (nSPS) is 11.2. The molecule has 0 spiro atoms. The van der Waals surface area contributed by atoms with Crippen molar-refractivity contribution >= 4 is 28.2 Å². The second kappa shape index (κ2) is 7.51.